The zero-order chi connectivity index (χ0) is 33.2. The van der Waals surface area contributed by atoms with Crippen LogP contribution in [0.5, 0.6) is 0 Å². The molecule has 0 saturated heterocycles. The number of amides is 4. The number of hydrogen-bond acceptors (Lipinski definition) is 8. The van der Waals surface area contributed by atoms with Gasteiger partial charge in [0.05, 0.1) is 12.0 Å². The number of rotatable bonds is 18. The molecule has 13 nitrogen and oxygen atoms in total. The monoisotopic (exact) mass is 625 g/mol. The van der Waals surface area contributed by atoms with Gasteiger partial charge in [-0.15, -0.1) is 0 Å². The number of nitrogens with one attached hydrogen (secondary N) is 4. The van der Waals surface area contributed by atoms with Crippen molar-refractivity contribution in [2.45, 2.75) is 72.8 Å². The number of aliphatic carboxylic acids is 2. The van der Waals surface area contributed by atoms with Crippen LogP contribution in [0.3, 0.4) is 0 Å². The lowest BCUT2D eigenvalue weighted by atomic mass is 9.74. The highest BCUT2D eigenvalue weighted by Crippen LogP contribution is 2.34. The van der Waals surface area contributed by atoms with Gasteiger partial charge in [-0.05, 0) is 57.4 Å². The molecule has 14 heteroatoms. The number of thiol groups is 1. The number of benzene rings is 1. The fraction of sp³-hybridized carbons (Fsp3) is 0.586. The van der Waals surface area contributed by atoms with Crippen molar-refractivity contribution in [3.05, 3.63) is 29.8 Å². The van der Waals surface area contributed by atoms with Crippen LogP contribution in [-0.2, 0) is 24.0 Å². The van der Waals surface area contributed by atoms with Crippen molar-refractivity contribution in [2.75, 3.05) is 30.7 Å². The first-order valence-corrected chi connectivity index (χ1v) is 14.6. The van der Waals surface area contributed by atoms with Crippen LogP contribution < -0.4 is 27.0 Å². The van der Waals surface area contributed by atoms with Gasteiger partial charge in [0.15, 0.2) is 0 Å². The Morgan fingerprint density at radius 2 is 1.53 bits per heavy atom. The number of carboxylic acids is 2. The molecule has 1 rings (SSSR count). The van der Waals surface area contributed by atoms with Crippen molar-refractivity contribution in [3.8, 4) is 0 Å². The molecular weight excluding hydrogens is 578 g/mol. The minimum absolute atomic E-state index is 0.000745. The molecule has 0 aromatic heterocycles. The van der Waals surface area contributed by atoms with Gasteiger partial charge in [0.1, 0.15) is 6.04 Å². The maximum atomic E-state index is 12.4. The minimum Gasteiger partial charge on any atom is -0.481 e. The second-order valence-corrected chi connectivity index (χ2v) is 11.7. The minimum atomic E-state index is -1.32. The average Bonchev–Trinajstić information content (AvgIpc) is 2.92. The van der Waals surface area contributed by atoms with Crippen molar-refractivity contribution < 1.29 is 39.0 Å². The molecule has 8 N–H and O–H groups in total. The molecular formula is C29H47N5O8S. The van der Waals surface area contributed by atoms with E-state index < -0.39 is 46.5 Å². The van der Waals surface area contributed by atoms with Crippen LogP contribution in [0.1, 0.15) is 77.1 Å². The maximum Gasteiger partial charge on any atom is 0.326 e. The van der Waals surface area contributed by atoms with Crippen LogP contribution in [0.2, 0.25) is 0 Å². The molecule has 0 spiro atoms. The predicted octanol–water partition coefficient (Wildman–Crippen LogP) is 2.02. The van der Waals surface area contributed by atoms with Gasteiger partial charge in [0, 0.05) is 41.9 Å². The number of carbonyl (C=O) groups excluding carboxylic acids is 4. The average molecular weight is 626 g/mol. The van der Waals surface area contributed by atoms with Crippen LogP contribution in [0.15, 0.2) is 24.3 Å². The van der Waals surface area contributed by atoms with Crippen molar-refractivity contribution in [2.24, 2.45) is 16.6 Å². The van der Waals surface area contributed by atoms with Gasteiger partial charge in [-0.3, -0.25) is 24.0 Å². The van der Waals surface area contributed by atoms with Gasteiger partial charge in [-0.2, -0.15) is 12.6 Å². The molecule has 0 aliphatic rings. The maximum absolute atomic E-state index is 12.4. The summed E-state index contributed by atoms with van der Waals surface area (Å²) in [4.78, 5) is 68.8. The number of carboxylic acid groups (broad SMARTS) is 2. The first-order chi connectivity index (χ1) is 20.0. The molecule has 0 saturated carbocycles. The Bertz CT molecular complexity index is 1090. The standard InChI is InChI=1S/C16H27N3O7.C13H20N2OS/c1-15(2,8-16(3,4)14(25)26)13(24)19-9(12(22)23)5-6-11(21)18-7-10(17)20;1-2-3-8-15-13(16)11-4-6-12(7-5-11)14-9-10-17/h9H,5-8H2,1-4H3,(H2,17,20)(H,18,21)(H,19,24)(H,22,23)(H,25,26);4-7,14,17H,2-3,8-10H2,1H3,(H,15,16). The number of primary amides is 1. The molecule has 1 atom stereocenters. The number of carbonyl (C=O) groups is 6. The quantitative estimate of drug-likeness (QED) is 0.0883. The number of unbranched alkanes of at least 4 members (excludes halogenated alkanes) is 1. The predicted molar refractivity (Wildman–Crippen MR) is 167 cm³/mol. The Kier molecular flexibility index (Phi) is 17.7. The van der Waals surface area contributed by atoms with Crippen molar-refractivity contribution in [1.29, 1.82) is 0 Å². The molecule has 1 aromatic rings. The molecule has 0 aliphatic carbocycles. The lowest BCUT2D eigenvalue weighted by Crippen LogP contribution is -2.48. The Morgan fingerprint density at radius 3 is 2.02 bits per heavy atom. The smallest absolute Gasteiger partial charge is 0.326 e. The molecule has 0 radical (unpaired) electrons. The van der Waals surface area contributed by atoms with E-state index in [2.05, 4.69) is 40.8 Å². The van der Waals surface area contributed by atoms with Crippen LogP contribution in [0, 0.1) is 10.8 Å². The molecule has 4 amide bonds. The van der Waals surface area contributed by atoms with Gasteiger partial charge in [0.25, 0.3) is 5.91 Å². The highest BCUT2D eigenvalue weighted by atomic mass is 32.1. The largest absolute Gasteiger partial charge is 0.481 e. The van der Waals surface area contributed by atoms with E-state index in [4.69, 9.17) is 5.73 Å². The summed E-state index contributed by atoms with van der Waals surface area (Å²) in [6, 6.07) is 6.18. The first kappa shape index (κ1) is 39.2. The van der Waals surface area contributed by atoms with Gasteiger partial charge in [-0.25, -0.2) is 4.79 Å². The summed E-state index contributed by atoms with van der Waals surface area (Å²) < 4.78 is 0. The van der Waals surface area contributed by atoms with E-state index in [1.54, 1.807) is 0 Å². The fourth-order valence-electron chi connectivity index (χ4n) is 3.84. The number of anilines is 1. The summed E-state index contributed by atoms with van der Waals surface area (Å²) in [5, 5.41) is 29.1. The highest BCUT2D eigenvalue weighted by molar-refractivity contribution is 7.80. The molecule has 0 aliphatic heterocycles. The van der Waals surface area contributed by atoms with E-state index >= 15 is 0 Å². The van der Waals surface area contributed by atoms with Crippen molar-refractivity contribution in [3.63, 3.8) is 0 Å². The van der Waals surface area contributed by atoms with Crippen LogP contribution in [0.25, 0.3) is 0 Å². The molecule has 1 aromatic carbocycles. The van der Waals surface area contributed by atoms with Crippen LogP contribution in [-0.4, -0.2) is 77.2 Å². The number of nitrogens with two attached hydrogens (primary N) is 1. The first-order valence-electron chi connectivity index (χ1n) is 14.0. The summed E-state index contributed by atoms with van der Waals surface area (Å²) in [7, 11) is 0. The van der Waals surface area contributed by atoms with Gasteiger partial charge in [0.2, 0.25) is 17.7 Å². The Hall–Kier alpha value is -3.81. The summed E-state index contributed by atoms with van der Waals surface area (Å²) in [6.45, 7) is 9.30. The van der Waals surface area contributed by atoms with Gasteiger partial charge >= 0.3 is 11.9 Å². The molecule has 43 heavy (non-hydrogen) atoms. The van der Waals surface area contributed by atoms with Gasteiger partial charge in [-0.1, -0.05) is 27.2 Å². The lowest BCUT2D eigenvalue weighted by molar-refractivity contribution is -0.151. The van der Waals surface area contributed by atoms with E-state index in [9.17, 15) is 39.0 Å². The second kappa shape index (κ2) is 19.4. The molecule has 0 bridgehead atoms. The Balaban J connectivity index is 0.000000892. The number of hydrogen-bond donors (Lipinski definition) is 8. The highest BCUT2D eigenvalue weighted by Gasteiger charge is 2.40. The second-order valence-electron chi connectivity index (χ2n) is 11.2. The lowest BCUT2D eigenvalue weighted by Gasteiger charge is -2.32. The normalized spacial score (nSPS) is 11.7. The van der Waals surface area contributed by atoms with E-state index in [1.807, 2.05) is 24.3 Å². The fourth-order valence-corrected chi connectivity index (χ4v) is 3.95. The van der Waals surface area contributed by atoms with E-state index in [0.717, 1.165) is 37.4 Å². The Morgan fingerprint density at radius 1 is 0.930 bits per heavy atom. The van der Waals surface area contributed by atoms with E-state index in [1.165, 1.54) is 27.7 Å². The third-order valence-electron chi connectivity index (χ3n) is 6.20. The molecule has 0 fully saturated rings. The van der Waals surface area contributed by atoms with Crippen molar-refractivity contribution >= 4 is 53.9 Å². The molecule has 242 valence electrons. The summed E-state index contributed by atoms with van der Waals surface area (Å²) in [6.07, 6.45) is 1.68. The summed E-state index contributed by atoms with van der Waals surface area (Å²) >= 11 is 4.12. The van der Waals surface area contributed by atoms with Crippen molar-refractivity contribution in [1.82, 2.24) is 16.0 Å². The van der Waals surface area contributed by atoms with Crippen LogP contribution in [0.4, 0.5) is 5.69 Å². The third kappa shape index (κ3) is 16.4. The van der Waals surface area contributed by atoms with E-state index in [-0.39, 0.29) is 31.7 Å². The molecule has 0 heterocycles. The summed E-state index contributed by atoms with van der Waals surface area (Å²) in [5.41, 5.74) is 4.30. The van der Waals surface area contributed by atoms with Crippen LogP contribution >= 0.6 is 12.6 Å². The zero-order valence-corrected chi connectivity index (χ0v) is 26.5. The topological polar surface area (TPSA) is 217 Å². The zero-order valence-electron chi connectivity index (χ0n) is 25.6. The molecule has 1 unspecified atom stereocenters. The summed E-state index contributed by atoms with van der Waals surface area (Å²) in [5.74, 6) is -3.54. The Labute approximate surface area is 258 Å². The van der Waals surface area contributed by atoms with E-state index in [0.29, 0.717) is 5.56 Å². The van der Waals surface area contributed by atoms with Gasteiger partial charge < -0.3 is 37.2 Å². The third-order valence-corrected chi connectivity index (χ3v) is 6.43. The SMILES string of the molecule is CC(C)(CC(C)(C)C(=O)NC(CCC(=O)NCC(N)=O)C(=O)O)C(=O)O.CCCCNC(=O)c1ccc(NCCS)cc1.